The molecule has 0 aromatic rings. The van der Waals surface area contributed by atoms with Gasteiger partial charge in [-0.2, -0.15) is 0 Å². The highest BCUT2D eigenvalue weighted by Crippen LogP contribution is 2.19. The number of rotatable bonds is 1. The van der Waals surface area contributed by atoms with Crippen LogP contribution in [-0.4, -0.2) is 26.0 Å². The van der Waals surface area contributed by atoms with Crippen molar-refractivity contribution < 1.29 is 8.42 Å². The molecule has 1 rings (SSSR count). The summed E-state index contributed by atoms with van der Waals surface area (Å²) < 4.78 is 21.1. The van der Waals surface area contributed by atoms with Crippen LogP contribution in [0.15, 0.2) is 0 Å². The lowest BCUT2D eigenvalue weighted by molar-refractivity contribution is 0.467. The van der Waals surface area contributed by atoms with E-state index in [0.717, 1.165) is 0 Å². The average Bonchev–Trinajstić information content (AvgIpc) is 1.59. The Balaban J connectivity index is 2.45. The molecule has 0 radical (unpaired) electrons. The molecule has 0 amide bonds. The first-order valence-corrected chi connectivity index (χ1v) is 4.79. The number of hydrogen-bond acceptors (Lipinski definition) is 3. The van der Waals surface area contributed by atoms with Gasteiger partial charge in [0.2, 0.25) is 0 Å². The first kappa shape index (κ1) is 7.02. The van der Waals surface area contributed by atoms with E-state index in [-0.39, 0.29) is 12.0 Å². The van der Waals surface area contributed by atoms with Crippen LogP contribution in [0.2, 0.25) is 0 Å². The number of hydrogen-bond donors (Lipinski definition) is 1. The van der Waals surface area contributed by atoms with Gasteiger partial charge < -0.3 is 5.73 Å². The van der Waals surface area contributed by atoms with E-state index in [4.69, 9.17) is 5.73 Å². The van der Waals surface area contributed by atoms with Crippen LogP contribution in [0, 0.1) is 5.92 Å². The van der Waals surface area contributed by atoms with Crippen molar-refractivity contribution in [3.8, 4) is 0 Å². The zero-order valence-electron chi connectivity index (χ0n) is 5.37. The maximum atomic E-state index is 10.5. The molecular formula is C5H11NO2S. The molecule has 54 valence electrons. The smallest absolute Gasteiger partial charge is 0.151 e. The second kappa shape index (κ2) is 1.95. The fourth-order valence-corrected chi connectivity index (χ4v) is 2.72. The van der Waals surface area contributed by atoms with E-state index >= 15 is 0 Å². The van der Waals surface area contributed by atoms with E-state index in [9.17, 15) is 8.42 Å². The summed E-state index contributed by atoms with van der Waals surface area (Å²) in [5, 5.41) is 0. The number of sulfone groups is 1. The van der Waals surface area contributed by atoms with Crippen molar-refractivity contribution >= 4 is 9.84 Å². The highest BCUT2D eigenvalue weighted by molar-refractivity contribution is 7.92. The Morgan fingerprint density at radius 2 is 2.00 bits per heavy atom. The molecule has 0 bridgehead atoms. The Morgan fingerprint density at radius 1 is 1.56 bits per heavy atom. The van der Waals surface area contributed by atoms with Crippen LogP contribution in [0.25, 0.3) is 0 Å². The van der Waals surface area contributed by atoms with E-state index in [0.29, 0.717) is 11.5 Å². The van der Waals surface area contributed by atoms with Crippen molar-refractivity contribution in [3.63, 3.8) is 0 Å². The molecule has 4 heteroatoms. The van der Waals surface area contributed by atoms with E-state index in [1.54, 1.807) is 0 Å². The maximum absolute atomic E-state index is 10.5. The van der Waals surface area contributed by atoms with Crippen molar-refractivity contribution in [2.24, 2.45) is 11.7 Å². The van der Waals surface area contributed by atoms with Crippen molar-refractivity contribution in [1.29, 1.82) is 0 Å². The molecule has 0 aromatic heterocycles. The summed E-state index contributed by atoms with van der Waals surface area (Å²) in [5.41, 5.74) is 5.45. The van der Waals surface area contributed by atoms with Gasteiger partial charge in [-0.1, -0.05) is 0 Å². The molecule has 9 heavy (non-hydrogen) atoms. The molecule has 0 spiro atoms. The molecule has 1 fully saturated rings. The summed E-state index contributed by atoms with van der Waals surface area (Å²) >= 11 is 0. The van der Waals surface area contributed by atoms with E-state index in [2.05, 4.69) is 0 Å². The Kier molecular flexibility index (Phi) is 1.52. The summed E-state index contributed by atoms with van der Waals surface area (Å²) in [6, 6.07) is 0.0357. The summed E-state index contributed by atoms with van der Waals surface area (Å²) in [4.78, 5) is 0. The largest absolute Gasteiger partial charge is 0.328 e. The number of nitrogens with two attached hydrogens (primary N) is 1. The van der Waals surface area contributed by atoms with Crippen LogP contribution in [0.3, 0.4) is 0 Å². The third-order valence-corrected chi connectivity index (χ3v) is 3.55. The zero-order valence-corrected chi connectivity index (χ0v) is 6.19. The minimum Gasteiger partial charge on any atom is -0.328 e. The van der Waals surface area contributed by atoms with Gasteiger partial charge in [0.05, 0.1) is 11.5 Å². The topological polar surface area (TPSA) is 60.2 Å². The second-order valence-corrected chi connectivity index (χ2v) is 4.85. The van der Waals surface area contributed by atoms with Gasteiger partial charge in [0.25, 0.3) is 0 Å². The van der Waals surface area contributed by atoms with Gasteiger partial charge in [0.1, 0.15) is 0 Å². The fraction of sp³-hybridized carbons (Fsp3) is 1.00. The summed E-state index contributed by atoms with van der Waals surface area (Å²) in [6.07, 6.45) is 0. The molecule has 1 unspecified atom stereocenters. The molecule has 0 aromatic carbocycles. The molecule has 2 N–H and O–H groups in total. The lowest BCUT2D eigenvalue weighted by Gasteiger charge is -2.28. The highest BCUT2D eigenvalue weighted by Gasteiger charge is 2.35. The lowest BCUT2D eigenvalue weighted by Crippen LogP contribution is -2.46. The van der Waals surface area contributed by atoms with Crippen molar-refractivity contribution in [1.82, 2.24) is 0 Å². The molecule has 1 aliphatic heterocycles. The Morgan fingerprint density at radius 3 is 2.11 bits per heavy atom. The van der Waals surface area contributed by atoms with Gasteiger partial charge in [-0.3, -0.25) is 0 Å². The standard InChI is InChI=1S/C5H11NO2S/c1-4(6)5-2-9(7,8)3-5/h4-5H,2-3,6H2,1H3. The minimum absolute atomic E-state index is 0.0357. The second-order valence-electron chi connectivity index (χ2n) is 2.70. The van der Waals surface area contributed by atoms with Crippen molar-refractivity contribution in [2.75, 3.05) is 11.5 Å². The van der Waals surface area contributed by atoms with Gasteiger partial charge >= 0.3 is 0 Å². The van der Waals surface area contributed by atoms with Gasteiger partial charge in [-0.15, -0.1) is 0 Å². The molecule has 3 nitrogen and oxygen atoms in total. The van der Waals surface area contributed by atoms with Crippen molar-refractivity contribution in [2.45, 2.75) is 13.0 Å². The molecular weight excluding hydrogens is 138 g/mol. The quantitative estimate of drug-likeness (QED) is 0.540. The van der Waals surface area contributed by atoms with Gasteiger partial charge in [0.15, 0.2) is 9.84 Å². The molecule has 1 heterocycles. The van der Waals surface area contributed by atoms with E-state index in [1.807, 2.05) is 6.92 Å². The minimum atomic E-state index is -2.66. The third kappa shape index (κ3) is 1.43. The van der Waals surface area contributed by atoms with E-state index in [1.165, 1.54) is 0 Å². The van der Waals surface area contributed by atoms with Gasteiger partial charge in [-0.05, 0) is 6.92 Å². The Bertz CT molecular complexity index is 183. The first-order valence-electron chi connectivity index (χ1n) is 2.97. The van der Waals surface area contributed by atoms with E-state index < -0.39 is 9.84 Å². The van der Waals surface area contributed by atoms with Gasteiger partial charge in [0, 0.05) is 12.0 Å². The average molecular weight is 149 g/mol. The summed E-state index contributed by atoms with van der Waals surface area (Å²) in [5.74, 6) is 0.810. The van der Waals surface area contributed by atoms with Crippen LogP contribution in [0.5, 0.6) is 0 Å². The van der Waals surface area contributed by atoms with Crippen LogP contribution >= 0.6 is 0 Å². The van der Waals surface area contributed by atoms with Crippen molar-refractivity contribution in [3.05, 3.63) is 0 Å². The molecule has 1 saturated heterocycles. The molecule has 1 aliphatic rings. The monoisotopic (exact) mass is 149 g/mol. The summed E-state index contributed by atoms with van der Waals surface area (Å²) in [7, 11) is -2.66. The molecule has 1 atom stereocenters. The van der Waals surface area contributed by atoms with Crippen LogP contribution in [-0.2, 0) is 9.84 Å². The zero-order chi connectivity index (χ0) is 7.07. The van der Waals surface area contributed by atoms with Crippen LogP contribution in [0.4, 0.5) is 0 Å². The fourth-order valence-electron chi connectivity index (χ4n) is 0.907. The molecule has 0 aliphatic carbocycles. The maximum Gasteiger partial charge on any atom is 0.151 e. The molecule has 0 saturated carbocycles. The lowest BCUT2D eigenvalue weighted by atomic mass is 10.1. The first-order chi connectivity index (χ1) is 4.01. The predicted molar refractivity (Wildman–Crippen MR) is 35.8 cm³/mol. The van der Waals surface area contributed by atoms with Crippen LogP contribution < -0.4 is 5.73 Å². The van der Waals surface area contributed by atoms with Gasteiger partial charge in [-0.25, -0.2) is 8.42 Å². The SMILES string of the molecule is CC(N)C1CS(=O)(=O)C1. The Hall–Kier alpha value is -0.0900. The van der Waals surface area contributed by atoms with Crippen LogP contribution in [0.1, 0.15) is 6.92 Å². The normalized spacial score (nSPS) is 29.1. The third-order valence-electron chi connectivity index (χ3n) is 1.68. The Labute approximate surface area is 55.2 Å². The predicted octanol–water partition coefficient (Wildman–Crippen LogP) is -0.622. The summed E-state index contributed by atoms with van der Waals surface area (Å²) in [6.45, 7) is 1.85. The highest BCUT2D eigenvalue weighted by atomic mass is 32.2.